The van der Waals surface area contributed by atoms with Crippen molar-refractivity contribution >= 4 is 34.8 Å². The van der Waals surface area contributed by atoms with E-state index in [0.717, 1.165) is 0 Å². The smallest absolute Gasteiger partial charge is 0.275 e. The van der Waals surface area contributed by atoms with E-state index in [1.165, 1.54) is 12.1 Å². The summed E-state index contributed by atoms with van der Waals surface area (Å²) in [7, 11) is 0. The van der Waals surface area contributed by atoms with Crippen molar-refractivity contribution in [3.63, 3.8) is 0 Å². The molecule has 0 unspecified atom stereocenters. The molecule has 3 aromatic rings. The number of hydrazone groups is 1. The van der Waals surface area contributed by atoms with Gasteiger partial charge in [-0.3, -0.25) is 9.59 Å². The molecule has 146 valence electrons. The molecule has 29 heavy (non-hydrogen) atoms. The summed E-state index contributed by atoms with van der Waals surface area (Å²) in [6, 6.07) is 19.9. The maximum absolute atomic E-state index is 12.4. The van der Waals surface area contributed by atoms with Gasteiger partial charge in [0.2, 0.25) is 0 Å². The van der Waals surface area contributed by atoms with Gasteiger partial charge in [0, 0.05) is 16.3 Å². The lowest BCUT2D eigenvalue weighted by Gasteiger charge is -2.08. The summed E-state index contributed by atoms with van der Waals surface area (Å²) in [5.74, 6) is -0.927. The van der Waals surface area contributed by atoms with Gasteiger partial charge in [-0.1, -0.05) is 41.9 Å². The van der Waals surface area contributed by atoms with E-state index in [1.54, 1.807) is 67.6 Å². The van der Waals surface area contributed by atoms with Crippen LogP contribution in [0.5, 0.6) is 5.75 Å². The average Bonchev–Trinajstić information content (AvgIpc) is 2.72. The zero-order valence-electron chi connectivity index (χ0n) is 15.5. The second-order valence-electron chi connectivity index (χ2n) is 6.20. The lowest BCUT2D eigenvalue weighted by atomic mass is 10.1. The van der Waals surface area contributed by atoms with Crippen LogP contribution in [0.25, 0.3) is 0 Å². The number of benzene rings is 3. The minimum Gasteiger partial charge on any atom is -0.507 e. The number of halogens is 1. The van der Waals surface area contributed by atoms with E-state index in [1.807, 2.05) is 0 Å². The number of amides is 2. The SMILES string of the molecule is C/C(=N/NC(=O)c1ccccc1O)c1cccc(NC(=O)c2cccc(Cl)c2)c1. The van der Waals surface area contributed by atoms with Gasteiger partial charge < -0.3 is 10.4 Å². The fraction of sp³-hybridized carbons (Fsp3) is 0.0455. The maximum Gasteiger partial charge on any atom is 0.275 e. The van der Waals surface area contributed by atoms with E-state index in [2.05, 4.69) is 15.8 Å². The predicted molar refractivity (Wildman–Crippen MR) is 114 cm³/mol. The quantitative estimate of drug-likeness (QED) is 0.431. The highest BCUT2D eigenvalue weighted by Gasteiger charge is 2.10. The van der Waals surface area contributed by atoms with Gasteiger partial charge in [0.1, 0.15) is 5.75 Å². The van der Waals surface area contributed by atoms with Crippen LogP contribution in [-0.2, 0) is 0 Å². The Labute approximate surface area is 172 Å². The molecule has 0 spiro atoms. The van der Waals surface area contributed by atoms with Crippen LogP contribution in [0, 0.1) is 0 Å². The number of nitrogens with zero attached hydrogens (tertiary/aromatic N) is 1. The number of phenols is 1. The topological polar surface area (TPSA) is 90.8 Å². The normalized spacial score (nSPS) is 11.0. The number of carbonyl (C=O) groups is 2. The summed E-state index contributed by atoms with van der Waals surface area (Å²) in [6.45, 7) is 1.73. The number of nitrogens with one attached hydrogen (secondary N) is 2. The van der Waals surface area contributed by atoms with Gasteiger partial charge in [0.15, 0.2) is 0 Å². The molecule has 0 aliphatic rings. The number of anilines is 1. The summed E-state index contributed by atoms with van der Waals surface area (Å²) in [4.78, 5) is 24.5. The second-order valence-corrected chi connectivity index (χ2v) is 6.64. The summed E-state index contributed by atoms with van der Waals surface area (Å²) < 4.78 is 0. The summed E-state index contributed by atoms with van der Waals surface area (Å²) in [5, 5.41) is 17.1. The Kier molecular flexibility index (Phi) is 6.26. The van der Waals surface area contributed by atoms with Crippen molar-refractivity contribution in [1.29, 1.82) is 0 Å². The first-order valence-corrected chi connectivity index (χ1v) is 9.12. The van der Waals surface area contributed by atoms with Crippen LogP contribution >= 0.6 is 11.6 Å². The zero-order valence-corrected chi connectivity index (χ0v) is 16.3. The maximum atomic E-state index is 12.4. The van der Waals surface area contributed by atoms with Crippen LogP contribution < -0.4 is 10.7 Å². The van der Waals surface area contributed by atoms with Crippen LogP contribution in [-0.4, -0.2) is 22.6 Å². The van der Waals surface area contributed by atoms with Crippen molar-refractivity contribution in [1.82, 2.24) is 5.43 Å². The standard InChI is InChI=1S/C22H18ClN3O3/c1-14(25-26-22(29)19-10-2-3-11-20(19)27)15-6-5-9-18(13-15)24-21(28)16-7-4-8-17(23)12-16/h2-13,27H,1H3,(H,24,28)(H,26,29)/b25-14-. The van der Waals surface area contributed by atoms with Gasteiger partial charge in [0.25, 0.3) is 11.8 Å². The first kappa shape index (κ1) is 20.1. The molecule has 0 saturated carbocycles. The molecule has 7 heteroatoms. The molecular formula is C22H18ClN3O3. The Morgan fingerprint density at radius 1 is 0.897 bits per heavy atom. The Morgan fingerprint density at radius 3 is 2.38 bits per heavy atom. The Morgan fingerprint density at radius 2 is 1.62 bits per heavy atom. The van der Waals surface area contributed by atoms with Crippen molar-refractivity contribution in [3.8, 4) is 5.75 Å². The van der Waals surface area contributed by atoms with E-state index in [4.69, 9.17) is 11.6 Å². The molecule has 0 atom stereocenters. The van der Waals surface area contributed by atoms with Crippen molar-refractivity contribution in [2.24, 2.45) is 5.10 Å². The predicted octanol–water partition coefficient (Wildman–Crippen LogP) is 4.45. The number of hydrogen-bond acceptors (Lipinski definition) is 4. The Hall–Kier alpha value is -3.64. The first-order chi connectivity index (χ1) is 13.9. The van der Waals surface area contributed by atoms with Gasteiger partial charge >= 0.3 is 0 Å². The lowest BCUT2D eigenvalue weighted by Crippen LogP contribution is -2.19. The molecular weight excluding hydrogens is 390 g/mol. The molecule has 0 saturated heterocycles. The average molecular weight is 408 g/mol. The van der Waals surface area contributed by atoms with E-state index in [0.29, 0.717) is 27.5 Å². The Bertz CT molecular complexity index is 1100. The number of aromatic hydroxyl groups is 1. The van der Waals surface area contributed by atoms with Gasteiger partial charge in [-0.15, -0.1) is 0 Å². The number of carbonyl (C=O) groups excluding carboxylic acids is 2. The first-order valence-electron chi connectivity index (χ1n) is 8.74. The highest BCUT2D eigenvalue weighted by Crippen LogP contribution is 2.17. The third kappa shape index (κ3) is 5.21. The van der Waals surface area contributed by atoms with Crippen molar-refractivity contribution in [2.45, 2.75) is 6.92 Å². The molecule has 3 aromatic carbocycles. The molecule has 0 aliphatic heterocycles. The lowest BCUT2D eigenvalue weighted by molar-refractivity contribution is 0.0951. The van der Waals surface area contributed by atoms with E-state index < -0.39 is 5.91 Å². The van der Waals surface area contributed by atoms with Gasteiger partial charge in [-0.2, -0.15) is 5.10 Å². The summed E-state index contributed by atoms with van der Waals surface area (Å²) in [6.07, 6.45) is 0. The molecule has 0 aliphatic carbocycles. The molecule has 0 bridgehead atoms. The molecule has 0 heterocycles. The summed E-state index contributed by atoms with van der Waals surface area (Å²) in [5.41, 5.74) is 4.82. The fourth-order valence-corrected chi connectivity index (χ4v) is 2.77. The molecule has 0 radical (unpaired) electrons. The molecule has 2 amide bonds. The molecule has 6 nitrogen and oxygen atoms in total. The number of rotatable bonds is 5. The van der Waals surface area contributed by atoms with Gasteiger partial charge in [0.05, 0.1) is 11.3 Å². The largest absolute Gasteiger partial charge is 0.507 e. The van der Waals surface area contributed by atoms with Crippen molar-refractivity contribution < 1.29 is 14.7 Å². The minimum absolute atomic E-state index is 0.122. The third-order valence-electron chi connectivity index (χ3n) is 4.10. The molecule has 0 fully saturated rings. The molecule has 3 rings (SSSR count). The van der Waals surface area contributed by atoms with Crippen LogP contribution in [0.4, 0.5) is 5.69 Å². The molecule has 3 N–H and O–H groups in total. The monoisotopic (exact) mass is 407 g/mol. The number of para-hydroxylation sites is 1. The van der Waals surface area contributed by atoms with E-state index in [9.17, 15) is 14.7 Å². The third-order valence-corrected chi connectivity index (χ3v) is 4.33. The second kappa shape index (κ2) is 9.03. The van der Waals surface area contributed by atoms with E-state index in [-0.39, 0.29) is 17.2 Å². The van der Waals surface area contributed by atoms with Gasteiger partial charge in [-0.25, -0.2) is 5.43 Å². The van der Waals surface area contributed by atoms with Crippen LogP contribution in [0.3, 0.4) is 0 Å². The van der Waals surface area contributed by atoms with Crippen LogP contribution in [0.15, 0.2) is 77.9 Å². The summed E-state index contributed by atoms with van der Waals surface area (Å²) >= 11 is 5.93. The van der Waals surface area contributed by atoms with Gasteiger partial charge in [-0.05, 0) is 55.0 Å². The highest BCUT2D eigenvalue weighted by molar-refractivity contribution is 6.31. The highest BCUT2D eigenvalue weighted by atomic mass is 35.5. The van der Waals surface area contributed by atoms with Crippen molar-refractivity contribution in [2.75, 3.05) is 5.32 Å². The van der Waals surface area contributed by atoms with Crippen LogP contribution in [0.1, 0.15) is 33.2 Å². The molecule has 0 aromatic heterocycles. The number of hydrogen-bond donors (Lipinski definition) is 3. The van der Waals surface area contributed by atoms with Crippen LogP contribution in [0.2, 0.25) is 5.02 Å². The van der Waals surface area contributed by atoms with E-state index >= 15 is 0 Å². The number of phenolic OH excluding ortho intramolecular Hbond substituents is 1. The minimum atomic E-state index is -0.520. The fourth-order valence-electron chi connectivity index (χ4n) is 2.58. The van der Waals surface area contributed by atoms with Crippen molar-refractivity contribution in [3.05, 3.63) is 94.5 Å². The zero-order chi connectivity index (χ0) is 20.8. The Balaban J connectivity index is 1.71.